The summed E-state index contributed by atoms with van der Waals surface area (Å²) in [5.74, 6) is -1.64. The van der Waals surface area contributed by atoms with Crippen molar-refractivity contribution in [2.75, 3.05) is 0 Å². The molecule has 0 bridgehead atoms. The lowest BCUT2D eigenvalue weighted by atomic mass is 10.0. The molecule has 0 radical (unpaired) electrons. The number of benzene rings is 1. The van der Waals surface area contributed by atoms with Crippen LogP contribution in [0.15, 0.2) is 18.2 Å². The molecule has 1 atom stereocenters. The van der Waals surface area contributed by atoms with Gasteiger partial charge in [-0.3, -0.25) is 0 Å². The van der Waals surface area contributed by atoms with E-state index in [0.717, 1.165) is 50.2 Å². The van der Waals surface area contributed by atoms with E-state index in [4.69, 9.17) is 14.9 Å². The molecule has 1 aromatic rings. The Morgan fingerprint density at radius 2 is 1.46 bits per heavy atom. The third-order valence-electron chi connectivity index (χ3n) is 4.67. The maximum Gasteiger partial charge on any atom is 0.266 e. The van der Waals surface area contributed by atoms with Crippen LogP contribution >= 0.6 is 0 Å². The largest absolute Gasteiger partial charge is 0.346 e. The Kier molecular flexibility index (Phi) is 12.4. The van der Waals surface area contributed by atoms with Gasteiger partial charge in [-0.25, -0.2) is 8.78 Å². The number of hydrogen-bond acceptors (Lipinski definition) is 3. The molecule has 5 heteroatoms. The quantitative estimate of drug-likeness (QED) is 0.317. The van der Waals surface area contributed by atoms with Gasteiger partial charge in [-0.15, -0.1) is 0 Å². The number of aryl methyl sites for hydroxylation is 1. The average molecular weight is 372 g/mol. The highest BCUT2D eigenvalue weighted by atomic mass is 19.2. The van der Waals surface area contributed by atoms with E-state index in [2.05, 4.69) is 6.92 Å². The first-order valence-corrected chi connectivity index (χ1v) is 9.98. The van der Waals surface area contributed by atoms with E-state index < -0.39 is 18.1 Å². The van der Waals surface area contributed by atoms with Crippen LogP contribution in [-0.2, 0) is 11.2 Å². The van der Waals surface area contributed by atoms with Crippen LogP contribution in [-0.4, -0.2) is 22.8 Å². The summed E-state index contributed by atoms with van der Waals surface area (Å²) in [4.78, 5) is 0. The van der Waals surface area contributed by atoms with Gasteiger partial charge in [-0.1, -0.05) is 64.4 Å². The van der Waals surface area contributed by atoms with Crippen LogP contribution in [0.4, 0.5) is 8.78 Å². The summed E-state index contributed by atoms with van der Waals surface area (Å²) < 4.78 is 31.3. The Bertz CT molecular complexity index is 480. The van der Waals surface area contributed by atoms with Gasteiger partial charge in [-0.05, 0) is 43.4 Å². The van der Waals surface area contributed by atoms with E-state index in [1.54, 1.807) is 6.07 Å². The third kappa shape index (κ3) is 10.8. The monoisotopic (exact) mass is 372 g/mol. The lowest BCUT2D eigenvalue weighted by molar-refractivity contribution is -0.257. The Morgan fingerprint density at radius 3 is 2.08 bits per heavy atom. The molecule has 0 aliphatic heterocycles. The van der Waals surface area contributed by atoms with Crippen LogP contribution in [0.25, 0.3) is 0 Å². The summed E-state index contributed by atoms with van der Waals surface area (Å²) in [5.41, 5.74) is 0.774. The van der Waals surface area contributed by atoms with Gasteiger partial charge in [0.1, 0.15) is 0 Å². The van der Waals surface area contributed by atoms with E-state index in [9.17, 15) is 8.78 Å². The van der Waals surface area contributed by atoms with Crippen LogP contribution in [0.5, 0.6) is 0 Å². The Hall–Kier alpha value is -1.04. The number of unbranched alkanes of at least 4 members (excludes halogenated alkanes) is 7. The lowest BCUT2D eigenvalue weighted by Crippen LogP contribution is -2.21. The van der Waals surface area contributed by atoms with Crippen LogP contribution in [0.1, 0.15) is 83.1 Å². The Labute approximate surface area is 156 Å². The number of halogens is 2. The summed E-state index contributed by atoms with van der Waals surface area (Å²) in [6.45, 7) is 0.463. The molecule has 0 heterocycles. The summed E-state index contributed by atoms with van der Waals surface area (Å²) in [5, 5.41) is 18.1. The minimum absolute atomic E-state index is 0.171. The number of aliphatic hydroxyl groups is 2. The molecular weight excluding hydrogens is 338 g/mol. The summed E-state index contributed by atoms with van der Waals surface area (Å²) >= 11 is 0. The van der Waals surface area contributed by atoms with Crippen molar-refractivity contribution >= 4 is 0 Å². The van der Waals surface area contributed by atoms with Gasteiger partial charge in [0, 0.05) is 0 Å². The van der Waals surface area contributed by atoms with E-state index in [1.165, 1.54) is 38.2 Å². The predicted molar refractivity (Wildman–Crippen MR) is 99.6 cm³/mol. The molecule has 1 unspecified atom stereocenters. The van der Waals surface area contributed by atoms with Crippen molar-refractivity contribution in [1.82, 2.24) is 0 Å². The SMILES string of the molecule is CCCCCCCCCC(CCCCc1ccc(F)c(F)c1)OC(O)O. The molecule has 3 nitrogen and oxygen atoms in total. The van der Waals surface area contributed by atoms with Gasteiger partial charge in [0.05, 0.1) is 6.10 Å². The predicted octanol–water partition coefficient (Wildman–Crippen LogP) is 5.47. The maximum atomic E-state index is 13.2. The first kappa shape index (κ1) is 23.0. The zero-order valence-electron chi connectivity index (χ0n) is 15.9. The van der Waals surface area contributed by atoms with Crippen molar-refractivity contribution in [2.24, 2.45) is 0 Å². The van der Waals surface area contributed by atoms with E-state index in [-0.39, 0.29) is 6.10 Å². The zero-order chi connectivity index (χ0) is 19.2. The highest BCUT2D eigenvalue weighted by molar-refractivity contribution is 5.17. The van der Waals surface area contributed by atoms with Gasteiger partial charge >= 0.3 is 0 Å². The van der Waals surface area contributed by atoms with Gasteiger partial charge in [0.15, 0.2) is 11.6 Å². The molecule has 150 valence electrons. The standard InChI is InChI=1S/C21H34F2O3/c1-2-3-4-5-6-7-8-12-18(26-21(24)25)13-10-9-11-17-14-15-19(22)20(23)16-17/h14-16,18,21,24-25H,2-13H2,1H3. The van der Waals surface area contributed by atoms with E-state index >= 15 is 0 Å². The molecular formula is C21H34F2O3. The fourth-order valence-corrected chi connectivity index (χ4v) is 3.18. The Balaban J connectivity index is 2.21. The molecule has 0 amide bonds. The Morgan fingerprint density at radius 1 is 0.846 bits per heavy atom. The second kappa shape index (κ2) is 14.1. The third-order valence-corrected chi connectivity index (χ3v) is 4.67. The minimum atomic E-state index is -1.74. The van der Waals surface area contributed by atoms with Crippen molar-refractivity contribution in [3.63, 3.8) is 0 Å². The first-order chi connectivity index (χ1) is 12.5. The average Bonchev–Trinajstić information content (AvgIpc) is 2.60. The van der Waals surface area contributed by atoms with Crippen LogP contribution < -0.4 is 0 Å². The normalized spacial score (nSPS) is 12.7. The molecule has 0 saturated heterocycles. The van der Waals surface area contributed by atoms with Gasteiger partial charge in [0.25, 0.3) is 6.48 Å². The summed E-state index contributed by atoms with van der Waals surface area (Å²) in [6, 6.07) is 3.99. The van der Waals surface area contributed by atoms with E-state index in [1.807, 2.05) is 0 Å². The molecule has 0 spiro atoms. The minimum Gasteiger partial charge on any atom is -0.346 e. The topological polar surface area (TPSA) is 49.7 Å². The van der Waals surface area contributed by atoms with Gasteiger partial charge < -0.3 is 14.9 Å². The van der Waals surface area contributed by atoms with Crippen molar-refractivity contribution in [1.29, 1.82) is 0 Å². The van der Waals surface area contributed by atoms with Crippen molar-refractivity contribution in [3.8, 4) is 0 Å². The van der Waals surface area contributed by atoms with Crippen molar-refractivity contribution < 1.29 is 23.7 Å². The second-order valence-electron chi connectivity index (χ2n) is 6.99. The van der Waals surface area contributed by atoms with Gasteiger partial charge in [-0.2, -0.15) is 0 Å². The molecule has 0 saturated carbocycles. The molecule has 0 aliphatic rings. The van der Waals surface area contributed by atoms with Crippen molar-refractivity contribution in [2.45, 2.75) is 96.6 Å². The highest BCUT2D eigenvalue weighted by Crippen LogP contribution is 2.18. The van der Waals surface area contributed by atoms with Crippen molar-refractivity contribution in [3.05, 3.63) is 35.4 Å². The maximum absolute atomic E-state index is 13.2. The fourth-order valence-electron chi connectivity index (χ4n) is 3.18. The number of ether oxygens (including phenoxy) is 1. The molecule has 0 aliphatic carbocycles. The summed E-state index contributed by atoms with van der Waals surface area (Å²) in [7, 11) is 0. The number of aliphatic hydroxyl groups excluding tert-OH is 1. The fraction of sp³-hybridized carbons (Fsp3) is 0.714. The molecule has 0 aromatic heterocycles. The number of hydrogen-bond donors (Lipinski definition) is 2. The number of rotatable bonds is 15. The second-order valence-corrected chi connectivity index (χ2v) is 6.99. The summed E-state index contributed by atoms with van der Waals surface area (Å²) in [6.07, 6.45) is 12.2. The molecule has 26 heavy (non-hydrogen) atoms. The molecule has 1 rings (SSSR count). The molecule has 0 fully saturated rings. The smallest absolute Gasteiger partial charge is 0.266 e. The van der Waals surface area contributed by atoms with Gasteiger partial charge in [0.2, 0.25) is 0 Å². The first-order valence-electron chi connectivity index (χ1n) is 9.98. The zero-order valence-corrected chi connectivity index (χ0v) is 15.9. The van der Waals surface area contributed by atoms with Crippen LogP contribution in [0.3, 0.4) is 0 Å². The van der Waals surface area contributed by atoms with Crippen LogP contribution in [0.2, 0.25) is 0 Å². The molecule has 2 N–H and O–H groups in total. The van der Waals surface area contributed by atoms with E-state index in [0.29, 0.717) is 6.42 Å². The van der Waals surface area contributed by atoms with Crippen LogP contribution in [0, 0.1) is 11.6 Å². The highest BCUT2D eigenvalue weighted by Gasteiger charge is 2.12. The lowest BCUT2D eigenvalue weighted by Gasteiger charge is -2.19. The molecule has 1 aromatic carbocycles.